The van der Waals surface area contributed by atoms with E-state index in [4.69, 9.17) is 4.74 Å². The molecule has 0 bridgehead atoms. The van der Waals surface area contributed by atoms with Crippen molar-refractivity contribution < 1.29 is 4.74 Å². The molecule has 0 aliphatic rings. The van der Waals surface area contributed by atoms with Crippen LogP contribution < -0.4 is 5.32 Å². The van der Waals surface area contributed by atoms with Gasteiger partial charge in [-0.15, -0.1) is 0 Å². The lowest BCUT2D eigenvalue weighted by Gasteiger charge is -2.35. The van der Waals surface area contributed by atoms with Crippen LogP contribution in [0.5, 0.6) is 0 Å². The molecule has 4 heteroatoms. The van der Waals surface area contributed by atoms with Crippen LogP contribution in [0.3, 0.4) is 0 Å². The molecular weight excluding hydrogens is 298 g/mol. The number of hydrogen-bond acceptors (Lipinski definition) is 3. The molecule has 0 aliphatic carbocycles. The molecule has 1 unspecified atom stereocenters. The Labute approximate surface area is 117 Å². The molecule has 0 aliphatic heterocycles. The number of hydrogen-bond donors (Lipinski definition) is 1. The minimum Gasteiger partial charge on any atom is -0.374 e. The molecule has 98 valence electrons. The van der Waals surface area contributed by atoms with E-state index in [0.29, 0.717) is 0 Å². The van der Waals surface area contributed by atoms with Crippen LogP contribution in [0.1, 0.15) is 45.7 Å². The lowest BCUT2D eigenvalue weighted by Crippen LogP contribution is -2.41. The van der Waals surface area contributed by atoms with E-state index in [-0.39, 0.29) is 11.6 Å². The van der Waals surface area contributed by atoms with Gasteiger partial charge < -0.3 is 10.1 Å². The Hall–Kier alpha value is 0.1000. The molecular formula is C13H22BrNOS. The van der Waals surface area contributed by atoms with Crippen molar-refractivity contribution in [2.45, 2.75) is 45.8 Å². The molecule has 0 amide bonds. The SMILES string of the molecule is CCCNC(c1cscc1Br)C(C)(C)OCC. The summed E-state index contributed by atoms with van der Waals surface area (Å²) in [5.74, 6) is 0. The van der Waals surface area contributed by atoms with Gasteiger partial charge in [0.2, 0.25) is 0 Å². The van der Waals surface area contributed by atoms with E-state index in [1.165, 1.54) is 10.0 Å². The Morgan fingerprint density at radius 2 is 2.12 bits per heavy atom. The second-order valence-electron chi connectivity index (χ2n) is 4.60. The van der Waals surface area contributed by atoms with Gasteiger partial charge >= 0.3 is 0 Å². The van der Waals surface area contributed by atoms with E-state index < -0.39 is 0 Å². The smallest absolute Gasteiger partial charge is 0.0820 e. The molecule has 0 fully saturated rings. The Kier molecular flexibility index (Phi) is 6.13. The zero-order chi connectivity index (χ0) is 12.9. The van der Waals surface area contributed by atoms with E-state index in [0.717, 1.165) is 19.6 Å². The second-order valence-corrected chi connectivity index (χ2v) is 6.20. The summed E-state index contributed by atoms with van der Waals surface area (Å²) in [6.45, 7) is 10.3. The van der Waals surface area contributed by atoms with Crippen LogP contribution in [0.25, 0.3) is 0 Å². The van der Waals surface area contributed by atoms with Gasteiger partial charge in [0.25, 0.3) is 0 Å². The second kappa shape index (κ2) is 6.88. The molecule has 0 aromatic carbocycles. The molecule has 1 rings (SSSR count). The molecule has 0 spiro atoms. The van der Waals surface area contributed by atoms with Crippen molar-refractivity contribution >= 4 is 27.3 Å². The van der Waals surface area contributed by atoms with Crippen molar-refractivity contribution in [3.63, 3.8) is 0 Å². The van der Waals surface area contributed by atoms with Crippen molar-refractivity contribution in [2.24, 2.45) is 0 Å². The molecule has 2 nitrogen and oxygen atoms in total. The number of ether oxygens (including phenoxy) is 1. The molecule has 1 aromatic rings. The van der Waals surface area contributed by atoms with E-state index in [2.05, 4.69) is 52.8 Å². The molecule has 0 radical (unpaired) electrons. The molecule has 1 aromatic heterocycles. The first kappa shape index (κ1) is 15.2. The summed E-state index contributed by atoms with van der Waals surface area (Å²) in [6.07, 6.45) is 1.13. The van der Waals surface area contributed by atoms with Crippen LogP contribution in [0, 0.1) is 0 Å². The Balaban J connectivity index is 2.91. The van der Waals surface area contributed by atoms with E-state index in [1.807, 2.05) is 6.92 Å². The van der Waals surface area contributed by atoms with E-state index in [1.54, 1.807) is 11.3 Å². The molecule has 0 saturated heterocycles. The maximum Gasteiger partial charge on any atom is 0.0820 e. The first-order valence-electron chi connectivity index (χ1n) is 6.11. The van der Waals surface area contributed by atoms with Crippen molar-refractivity contribution in [1.29, 1.82) is 0 Å². The van der Waals surface area contributed by atoms with E-state index >= 15 is 0 Å². The minimum absolute atomic E-state index is 0.201. The van der Waals surface area contributed by atoms with Gasteiger partial charge in [-0.2, -0.15) is 11.3 Å². The van der Waals surface area contributed by atoms with Gasteiger partial charge in [0.1, 0.15) is 0 Å². The summed E-state index contributed by atoms with van der Waals surface area (Å²) in [4.78, 5) is 0. The third-order valence-corrected chi connectivity index (χ3v) is 4.51. The quantitative estimate of drug-likeness (QED) is 0.806. The first-order chi connectivity index (χ1) is 8.03. The summed E-state index contributed by atoms with van der Waals surface area (Å²) < 4.78 is 7.06. The Morgan fingerprint density at radius 1 is 1.41 bits per heavy atom. The topological polar surface area (TPSA) is 21.3 Å². The van der Waals surface area contributed by atoms with Crippen LogP contribution in [-0.2, 0) is 4.74 Å². The normalized spacial score (nSPS) is 13.9. The fraction of sp³-hybridized carbons (Fsp3) is 0.692. The lowest BCUT2D eigenvalue weighted by atomic mass is 9.93. The largest absolute Gasteiger partial charge is 0.374 e. The van der Waals surface area contributed by atoms with Crippen molar-refractivity contribution in [3.05, 3.63) is 20.8 Å². The van der Waals surface area contributed by atoms with Crippen LogP contribution >= 0.6 is 27.3 Å². The lowest BCUT2D eigenvalue weighted by molar-refractivity contribution is -0.0392. The van der Waals surface area contributed by atoms with Gasteiger partial charge in [0.05, 0.1) is 11.6 Å². The summed E-state index contributed by atoms with van der Waals surface area (Å²) >= 11 is 5.34. The average molecular weight is 320 g/mol. The summed E-state index contributed by atoms with van der Waals surface area (Å²) in [5.41, 5.74) is 1.09. The van der Waals surface area contributed by atoms with Crippen molar-refractivity contribution in [2.75, 3.05) is 13.2 Å². The number of thiophene rings is 1. The van der Waals surface area contributed by atoms with Gasteiger partial charge in [-0.3, -0.25) is 0 Å². The molecule has 1 heterocycles. The standard InChI is InChI=1S/C13H22BrNOS/c1-5-7-15-12(13(3,4)16-6-2)10-8-17-9-11(10)14/h8-9,12,15H,5-7H2,1-4H3. The monoisotopic (exact) mass is 319 g/mol. The summed E-state index contributed by atoms with van der Waals surface area (Å²) in [7, 11) is 0. The molecule has 0 saturated carbocycles. The predicted molar refractivity (Wildman–Crippen MR) is 78.8 cm³/mol. The zero-order valence-electron chi connectivity index (χ0n) is 11.0. The van der Waals surface area contributed by atoms with Gasteiger partial charge in [-0.25, -0.2) is 0 Å². The fourth-order valence-electron chi connectivity index (χ4n) is 1.97. The van der Waals surface area contributed by atoms with E-state index in [9.17, 15) is 0 Å². The number of halogens is 1. The van der Waals surface area contributed by atoms with Gasteiger partial charge in [-0.05, 0) is 60.6 Å². The van der Waals surface area contributed by atoms with Crippen LogP contribution in [0.2, 0.25) is 0 Å². The highest BCUT2D eigenvalue weighted by atomic mass is 79.9. The Morgan fingerprint density at radius 3 is 2.59 bits per heavy atom. The number of rotatable bonds is 7. The van der Waals surface area contributed by atoms with Gasteiger partial charge in [0.15, 0.2) is 0 Å². The maximum absolute atomic E-state index is 5.89. The molecule has 1 N–H and O–H groups in total. The fourth-order valence-corrected chi connectivity index (χ4v) is 3.52. The maximum atomic E-state index is 5.89. The molecule has 17 heavy (non-hydrogen) atoms. The minimum atomic E-state index is -0.201. The average Bonchev–Trinajstić information content (AvgIpc) is 2.65. The Bertz CT molecular complexity index is 338. The summed E-state index contributed by atoms with van der Waals surface area (Å²) in [6, 6.07) is 0.225. The van der Waals surface area contributed by atoms with Crippen LogP contribution in [0.15, 0.2) is 15.2 Å². The highest BCUT2D eigenvalue weighted by Gasteiger charge is 2.32. The molecule has 1 atom stereocenters. The van der Waals surface area contributed by atoms with Crippen molar-refractivity contribution in [3.8, 4) is 0 Å². The first-order valence-corrected chi connectivity index (χ1v) is 7.85. The third-order valence-electron chi connectivity index (χ3n) is 2.76. The number of nitrogens with one attached hydrogen (secondary N) is 1. The van der Waals surface area contributed by atoms with Gasteiger partial charge in [-0.1, -0.05) is 6.92 Å². The van der Waals surface area contributed by atoms with Crippen LogP contribution in [-0.4, -0.2) is 18.8 Å². The highest BCUT2D eigenvalue weighted by Crippen LogP contribution is 2.35. The van der Waals surface area contributed by atoms with Crippen LogP contribution in [0.4, 0.5) is 0 Å². The highest BCUT2D eigenvalue weighted by molar-refractivity contribution is 9.10. The summed E-state index contributed by atoms with van der Waals surface area (Å²) in [5, 5.41) is 7.91. The zero-order valence-corrected chi connectivity index (χ0v) is 13.5. The van der Waals surface area contributed by atoms with Crippen molar-refractivity contribution in [1.82, 2.24) is 5.32 Å². The predicted octanol–water partition coefficient (Wildman–Crippen LogP) is 4.37. The third kappa shape index (κ3) is 4.05. The van der Waals surface area contributed by atoms with Gasteiger partial charge in [0, 0.05) is 16.5 Å².